The lowest BCUT2D eigenvalue weighted by atomic mass is 10.0. The minimum absolute atomic E-state index is 0.118. The highest BCUT2D eigenvalue weighted by Crippen LogP contribution is 2.28. The van der Waals surface area contributed by atoms with Crippen LogP contribution in [-0.2, 0) is 0 Å². The van der Waals surface area contributed by atoms with E-state index in [9.17, 15) is 4.79 Å². The maximum atomic E-state index is 12.0. The number of hydrazine groups is 1. The Kier molecular flexibility index (Phi) is 5.15. The van der Waals surface area contributed by atoms with Gasteiger partial charge in [-0.1, -0.05) is 25.7 Å². The van der Waals surface area contributed by atoms with Crippen LogP contribution in [0.5, 0.6) is 0 Å². The molecular weight excluding hydrogens is 240 g/mol. The maximum Gasteiger partial charge on any atom is 0.255 e. The van der Waals surface area contributed by atoms with Crippen LogP contribution in [0, 0.1) is 5.92 Å². The third kappa shape index (κ3) is 3.92. The molecule has 0 unspecified atom stereocenters. The van der Waals surface area contributed by atoms with Gasteiger partial charge >= 0.3 is 0 Å². The number of pyridine rings is 1. The molecule has 4 N–H and O–H groups in total. The SMILES string of the molecule is NNc1ccncc1C(=O)NCCCC1CCCC1. The molecule has 1 fully saturated rings. The second kappa shape index (κ2) is 7.09. The second-order valence-electron chi connectivity index (χ2n) is 5.11. The van der Waals surface area contributed by atoms with Gasteiger partial charge in [0.15, 0.2) is 0 Å². The van der Waals surface area contributed by atoms with E-state index in [4.69, 9.17) is 5.84 Å². The number of carbonyl (C=O) groups is 1. The van der Waals surface area contributed by atoms with Crippen molar-refractivity contribution in [2.24, 2.45) is 11.8 Å². The van der Waals surface area contributed by atoms with Crippen LogP contribution < -0.4 is 16.6 Å². The van der Waals surface area contributed by atoms with Crippen LogP contribution in [0.4, 0.5) is 5.69 Å². The lowest BCUT2D eigenvalue weighted by Gasteiger charge is -2.11. The van der Waals surface area contributed by atoms with Crippen molar-refractivity contribution in [2.45, 2.75) is 38.5 Å². The fourth-order valence-corrected chi connectivity index (χ4v) is 2.69. The van der Waals surface area contributed by atoms with Crippen molar-refractivity contribution < 1.29 is 4.79 Å². The minimum atomic E-state index is -0.118. The van der Waals surface area contributed by atoms with Crippen LogP contribution in [0.25, 0.3) is 0 Å². The van der Waals surface area contributed by atoms with Crippen LogP contribution in [-0.4, -0.2) is 17.4 Å². The number of carbonyl (C=O) groups excluding carboxylic acids is 1. The van der Waals surface area contributed by atoms with Crippen molar-refractivity contribution in [3.05, 3.63) is 24.0 Å². The highest BCUT2D eigenvalue weighted by Gasteiger charge is 2.15. The molecule has 0 saturated heterocycles. The summed E-state index contributed by atoms with van der Waals surface area (Å²) in [5, 5.41) is 2.92. The van der Waals surface area contributed by atoms with E-state index in [0.29, 0.717) is 17.8 Å². The van der Waals surface area contributed by atoms with E-state index in [1.54, 1.807) is 12.3 Å². The Bertz CT molecular complexity index is 416. The predicted octanol–water partition coefficient (Wildman–Crippen LogP) is 2.07. The Morgan fingerprint density at radius 3 is 2.95 bits per heavy atom. The van der Waals surface area contributed by atoms with Gasteiger partial charge in [-0.2, -0.15) is 0 Å². The van der Waals surface area contributed by atoms with Gasteiger partial charge in [0.1, 0.15) is 0 Å². The Labute approximate surface area is 114 Å². The summed E-state index contributed by atoms with van der Waals surface area (Å²) in [6, 6.07) is 1.69. The van der Waals surface area contributed by atoms with Gasteiger partial charge in [-0.05, 0) is 24.8 Å². The van der Waals surface area contributed by atoms with Crippen molar-refractivity contribution in [1.29, 1.82) is 0 Å². The number of nitrogens with one attached hydrogen (secondary N) is 2. The summed E-state index contributed by atoms with van der Waals surface area (Å²) in [6.07, 6.45) is 10.9. The molecule has 5 heteroatoms. The molecule has 0 aliphatic heterocycles. The monoisotopic (exact) mass is 262 g/mol. The number of anilines is 1. The van der Waals surface area contributed by atoms with Crippen LogP contribution in [0.1, 0.15) is 48.9 Å². The fourth-order valence-electron chi connectivity index (χ4n) is 2.69. The van der Waals surface area contributed by atoms with E-state index in [-0.39, 0.29) is 5.91 Å². The summed E-state index contributed by atoms with van der Waals surface area (Å²) in [4.78, 5) is 15.9. The molecule has 0 aromatic carbocycles. The third-order valence-corrected chi connectivity index (χ3v) is 3.77. The van der Waals surface area contributed by atoms with Gasteiger partial charge in [-0.15, -0.1) is 0 Å². The average molecular weight is 262 g/mol. The first-order valence-corrected chi connectivity index (χ1v) is 7.00. The maximum absolute atomic E-state index is 12.0. The molecule has 19 heavy (non-hydrogen) atoms. The van der Waals surface area contributed by atoms with E-state index in [0.717, 1.165) is 12.3 Å². The number of amides is 1. The average Bonchev–Trinajstić information content (AvgIpc) is 2.96. The molecule has 0 bridgehead atoms. The second-order valence-corrected chi connectivity index (χ2v) is 5.11. The summed E-state index contributed by atoms with van der Waals surface area (Å²) in [6.45, 7) is 0.717. The van der Waals surface area contributed by atoms with Crippen LogP contribution in [0.2, 0.25) is 0 Å². The van der Waals surface area contributed by atoms with Gasteiger partial charge in [-0.25, -0.2) is 0 Å². The number of nitrogens with zero attached hydrogens (tertiary/aromatic N) is 1. The van der Waals surface area contributed by atoms with Crippen molar-refractivity contribution >= 4 is 11.6 Å². The van der Waals surface area contributed by atoms with E-state index < -0.39 is 0 Å². The molecule has 2 rings (SSSR count). The molecule has 104 valence electrons. The Morgan fingerprint density at radius 2 is 2.21 bits per heavy atom. The summed E-state index contributed by atoms with van der Waals surface area (Å²) in [5.74, 6) is 6.12. The highest BCUT2D eigenvalue weighted by molar-refractivity contribution is 5.99. The summed E-state index contributed by atoms with van der Waals surface area (Å²) < 4.78 is 0. The molecule has 1 heterocycles. The standard InChI is InChI=1S/C14H22N4O/c15-18-13-7-9-16-10-12(13)14(19)17-8-3-6-11-4-1-2-5-11/h7,9-11H,1-6,8,15H2,(H,16,18)(H,17,19). The van der Waals surface area contributed by atoms with Gasteiger partial charge in [0, 0.05) is 18.9 Å². The predicted molar refractivity (Wildman–Crippen MR) is 75.6 cm³/mol. The lowest BCUT2D eigenvalue weighted by molar-refractivity contribution is 0.0953. The Balaban J connectivity index is 1.74. The quantitative estimate of drug-likeness (QED) is 0.416. The van der Waals surface area contributed by atoms with Gasteiger partial charge in [0.25, 0.3) is 5.91 Å². The third-order valence-electron chi connectivity index (χ3n) is 3.77. The first-order valence-electron chi connectivity index (χ1n) is 7.00. The topological polar surface area (TPSA) is 80.0 Å². The largest absolute Gasteiger partial charge is 0.352 e. The minimum Gasteiger partial charge on any atom is -0.352 e. The van der Waals surface area contributed by atoms with Crippen molar-refractivity contribution in [1.82, 2.24) is 10.3 Å². The zero-order valence-corrected chi connectivity index (χ0v) is 11.2. The van der Waals surface area contributed by atoms with Crippen molar-refractivity contribution in [3.8, 4) is 0 Å². The van der Waals surface area contributed by atoms with E-state index in [1.165, 1.54) is 38.3 Å². The summed E-state index contributed by atoms with van der Waals surface area (Å²) in [5.41, 5.74) is 3.60. The van der Waals surface area contributed by atoms with E-state index in [2.05, 4.69) is 15.7 Å². The summed E-state index contributed by atoms with van der Waals surface area (Å²) in [7, 11) is 0. The zero-order valence-electron chi connectivity index (χ0n) is 11.2. The normalized spacial score (nSPS) is 15.4. The first-order chi connectivity index (χ1) is 9.31. The number of rotatable bonds is 6. The lowest BCUT2D eigenvalue weighted by Crippen LogP contribution is -2.26. The highest BCUT2D eigenvalue weighted by atomic mass is 16.1. The molecule has 1 aliphatic carbocycles. The van der Waals surface area contributed by atoms with E-state index >= 15 is 0 Å². The van der Waals surface area contributed by atoms with Crippen molar-refractivity contribution in [3.63, 3.8) is 0 Å². The molecule has 1 aliphatic rings. The summed E-state index contributed by atoms with van der Waals surface area (Å²) >= 11 is 0. The molecule has 1 amide bonds. The van der Waals surface area contributed by atoms with E-state index in [1.807, 2.05) is 0 Å². The van der Waals surface area contributed by atoms with Gasteiger partial charge in [-0.3, -0.25) is 15.6 Å². The number of nitrogens with two attached hydrogens (primary N) is 1. The molecule has 1 aromatic heterocycles. The van der Waals surface area contributed by atoms with Crippen LogP contribution in [0.15, 0.2) is 18.5 Å². The van der Waals surface area contributed by atoms with Gasteiger partial charge in [0.05, 0.1) is 11.3 Å². The van der Waals surface area contributed by atoms with Gasteiger partial charge < -0.3 is 10.7 Å². The molecule has 5 nitrogen and oxygen atoms in total. The van der Waals surface area contributed by atoms with Gasteiger partial charge in [0.2, 0.25) is 0 Å². The van der Waals surface area contributed by atoms with Crippen molar-refractivity contribution in [2.75, 3.05) is 12.0 Å². The smallest absolute Gasteiger partial charge is 0.255 e. The fraction of sp³-hybridized carbons (Fsp3) is 0.571. The zero-order chi connectivity index (χ0) is 13.5. The molecular formula is C14H22N4O. The number of hydrogen-bond donors (Lipinski definition) is 3. The molecule has 1 saturated carbocycles. The molecule has 1 aromatic rings. The number of hydrogen-bond acceptors (Lipinski definition) is 4. The molecule has 0 spiro atoms. The Hall–Kier alpha value is -1.62. The first kappa shape index (κ1) is 13.8. The number of aromatic nitrogens is 1. The van der Waals surface area contributed by atoms with Crippen LogP contribution in [0.3, 0.4) is 0 Å². The Morgan fingerprint density at radius 1 is 1.42 bits per heavy atom. The van der Waals surface area contributed by atoms with Crippen LogP contribution >= 0.6 is 0 Å². The molecule has 0 atom stereocenters. The number of nitrogen functional groups attached to an aromatic ring is 1. The molecule has 0 radical (unpaired) electrons.